The molecule has 1 aromatic carbocycles. The first kappa shape index (κ1) is 23.8. The lowest BCUT2D eigenvalue weighted by atomic mass is 9.93. The van der Waals surface area contributed by atoms with Gasteiger partial charge in [-0.3, -0.25) is 4.79 Å². The first-order chi connectivity index (χ1) is 15.2. The Morgan fingerprint density at radius 1 is 1.19 bits per heavy atom. The molecule has 32 heavy (non-hydrogen) atoms. The van der Waals surface area contributed by atoms with Crippen LogP contribution in [0, 0.1) is 0 Å². The monoisotopic (exact) mass is 472 g/mol. The lowest BCUT2D eigenvalue weighted by molar-refractivity contribution is -0.137. The van der Waals surface area contributed by atoms with Crippen molar-refractivity contribution in [2.45, 2.75) is 44.0 Å². The molecule has 0 atom stereocenters. The number of carbonyl (C=O) groups is 2. The summed E-state index contributed by atoms with van der Waals surface area (Å²) in [5.41, 5.74) is -0.559. The lowest BCUT2D eigenvalue weighted by Crippen LogP contribution is -2.41. The number of benzene rings is 1. The number of halogens is 4. The number of carbonyl (C=O) groups excluding carboxylic acids is 2. The minimum Gasteiger partial charge on any atom is -0.491 e. The molecular formula is C21H24ClF3N4O3. The van der Waals surface area contributed by atoms with E-state index in [0.717, 1.165) is 12.1 Å². The van der Waals surface area contributed by atoms with Gasteiger partial charge in [-0.1, -0.05) is 11.6 Å². The summed E-state index contributed by atoms with van der Waals surface area (Å²) in [6, 6.07) is 2.52. The Kier molecular flexibility index (Phi) is 7.55. The van der Waals surface area contributed by atoms with Crippen LogP contribution in [0.25, 0.3) is 0 Å². The van der Waals surface area contributed by atoms with Gasteiger partial charge < -0.3 is 26.0 Å². The van der Waals surface area contributed by atoms with E-state index in [9.17, 15) is 22.8 Å². The van der Waals surface area contributed by atoms with Crippen molar-refractivity contribution >= 4 is 29.2 Å². The molecule has 0 aromatic heterocycles. The van der Waals surface area contributed by atoms with E-state index in [-0.39, 0.29) is 23.7 Å². The van der Waals surface area contributed by atoms with E-state index < -0.39 is 22.8 Å². The molecule has 3 rings (SSSR count). The van der Waals surface area contributed by atoms with Crippen LogP contribution in [0.15, 0.2) is 41.8 Å². The normalized spacial score (nSPS) is 20.9. The van der Waals surface area contributed by atoms with Gasteiger partial charge >= 0.3 is 12.2 Å². The van der Waals surface area contributed by atoms with Crippen LogP contribution in [0.2, 0.25) is 5.02 Å². The summed E-state index contributed by atoms with van der Waals surface area (Å²) in [7, 11) is 1.55. The van der Waals surface area contributed by atoms with Gasteiger partial charge in [-0.2, -0.15) is 13.2 Å². The second-order valence-corrected chi connectivity index (χ2v) is 7.91. The van der Waals surface area contributed by atoms with E-state index in [4.69, 9.17) is 16.3 Å². The highest BCUT2D eigenvalue weighted by Gasteiger charge is 2.33. The molecule has 1 fully saturated rings. The van der Waals surface area contributed by atoms with Crippen LogP contribution < -0.4 is 21.3 Å². The highest BCUT2D eigenvalue weighted by molar-refractivity contribution is 6.31. The molecule has 0 radical (unpaired) electrons. The smallest absolute Gasteiger partial charge is 0.417 e. The average Bonchev–Trinajstić information content (AvgIpc) is 2.75. The molecule has 1 saturated carbocycles. The largest absolute Gasteiger partial charge is 0.491 e. The summed E-state index contributed by atoms with van der Waals surface area (Å²) >= 11 is 5.60. The van der Waals surface area contributed by atoms with E-state index in [1.807, 2.05) is 6.08 Å². The van der Waals surface area contributed by atoms with Gasteiger partial charge in [0.2, 0.25) is 0 Å². The van der Waals surface area contributed by atoms with Crippen molar-refractivity contribution in [2.75, 3.05) is 18.9 Å². The van der Waals surface area contributed by atoms with E-state index in [1.165, 1.54) is 6.07 Å². The van der Waals surface area contributed by atoms with Crippen molar-refractivity contribution in [1.29, 1.82) is 0 Å². The number of hydrogen-bond donors (Lipinski definition) is 4. The molecule has 1 aromatic rings. The SMILES string of the molecule is CNC(=O)C1=CC(OC2CCC(NC(=O)Nc3ccc(Cl)c(C(F)(F)F)c3)CC2)=CCN1. The van der Waals surface area contributed by atoms with E-state index >= 15 is 0 Å². The molecule has 7 nitrogen and oxygen atoms in total. The van der Waals surface area contributed by atoms with Gasteiger partial charge in [-0.25, -0.2) is 4.79 Å². The minimum atomic E-state index is -4.61. The number of dihydropyridines is 1. The summed E-state index contributed by atoms with van der Waals surface area (Å²) in [6.07, 6.45) is 1.55. The molecule has 2 aliphatic rings. The molecule has 1 aliphatic carbocycles. The maximum Gasteiger partial charge on any atom is 0.417 e. The Morgan fingerprint density at radius 3 is 2.56 bits per heavy atom. The molecule has 174 valence electrons. The third-order valence-corrected chi connectivity index (χ3v) is 5.53. The van der Waals surface area contributed by atoms with E-state index in [1.54, 1.807) is 13.1 Å². The zero-order valence-corrected chi connectivity index (χ0v) is 18.1. The van der Waals surface area contributed by atoms with Gasteiger partial charge in [0.05, 0.1) is 16.7 Å². The number of allylic oxidation sites excluding steroid dienone is 1. The Balaban J connectivity index is 1.47. The Labute approximate surface area is 188 Å². The molecule has 11 heteroatoms. The topological polar surface area (TPSA) is 91.5 Å². The van der Waals surface area contributed by atoms with Gasteiger partial charge in [-0.05, 0) is 50.0 Å². The van der Waals surface area contributed by atoms with Crippen LogP contribution in [0.3, 0.4) is 0 Å². The number of anilines is 1. The van der Waals surface area contributed by atoms with Gasteiger partial charge in [-0.15, -0.1) is 0 Å². The number of amides is 3. The molecule has 1 aliphatic heterocycles. The fourth-order valence-electron chi connectivity index (χ4n) is 3.57. The number of rotatable bonds is 5. The van der Waals surface area contributed by atoms with Crippen molar-refractivity contribution in [3.63, 3.8) is 0 Å². The van der Waals surface area contributed by atoms with Crippen molar-refractivity contribution in [1.82, 2.24) is 16.0 Å². The number of urea groups is 1. The summed E-state index contributed by atoms with van der Waals surface area (Å²) in [5, 5.41) is 10.3. The third-order valence-electron chi connectivity index (χ3n) is 5.20. The summed E-state index contributed by atoms with van der Waals surface area (Å²) in [4.78, 5) is 24.0. The second-order valence-electron chi connectivity index (χ2n) is 7.51. The fraction of sp³-hybridized carbons (Fsp3) is 0.429. The number of alkyl halides is 3. The number of ether oxygens (including phenoxy) is 1. The van der Waals surface area contributed by atoms with Gasteiger partial charge in [0, 0.05) is 31.4 Å². The molecule has 0 bridgehead atoms. The first-order valence-electron chi connectivity index (χ1n) is 10.1. The maximum absolute atomic E-state index is 13.0. The van der Waals surface area contributed by atoms with Crippen LogP contribution in [-0.2, 0) is 15.7 Å². The Hall–Kier alpha value is -2.88. The molecule has 0 spiro atoms. The van der Waals surface area contributed by atoms with Gasteiger partial charge in [0.25, 0.3) is 5.91 Å². The first-order valence-corrected chi connectivity index (χ1v) is 10.5. The molecule has 1 heterocycles. The lowest BCUT2D eigenvalue weighted by Gasteiger charge is -2.30. The van der Waals surface area contributed by atoms with Crippen LogP contribution in [0.5, 0.6) is 0 Å². The number of hydrogen-bond acceptors (Lipinski definition) is 4. The molecule has 0 unspecified atom stereocenters. The van der Waals surface area contributed by atoms with Crippen LogP contribution in [0.4, 0.5) is 23.7 Å². The van der Waals surface area contributed by atoms with Crippen LogP contribution in [-0.4, -0.2) is 37.7 Å². The minimum absolute atomic E-state index is 0.00722. The van der Waals surface area contributed by atoms with Gasteiger partial charge in [0.15, 0.2) is 0 Å². The molecule has 4 N–H and O–H groups in total. The number of nitrogens with one attached hydrogen (secondary N) is 4. The highest BCUT2D eigenvalue weighted by atomic mass is 35.5. The van der Waals surface area contributed by atoms with Crippen molar-refractivity contribution in [3.8, 4) is 0 Å². The summed E-state index contributed by atoms with van der Waals surface area (Å²) < 4.78 is 44.9. The average molecular weight is 473 g/mol. The number of likely N-dealkylation sites (N-methyl/N-ethyl adjacent to an activating group) is 1. The van der Waals surface area contributed by atoms with Crippen molar-refractivity contribution in [2.24, 2.45) is 0 Å². The van der Waals surface area contributed by atoms with E-state index in [0.29, 0.717) is 43.7 Å². The zero-order chi connectivity index (χ0) is 23.3. The molecular weight excluding hydrogens is 449 g/mol. The van der Waals surface area contributed by atoms with Crippen molar-refractivity contribution < 1.29 is 27.5 Å². The highest BCUT2D eigenvalue weighted by Crippen LogP contribution is 2.36. The van der Waals surface area contributed by atoms with E-state index in [2.05, 4.69) is 21.3 Å². The predicted molar refractivity (Wildman–Crippen MR) is 114 cm³/mol. The zero-order valence-electron chi connectivity index (χ0n) is 17.3. The van der Waals surface area contributed by atoms with Crippen LogP contribution >= 0.6 is 11.6 Å². The van der Waals surface area contributed by atoms with Crippen LogP contribution in [0.1, 0.15) is 31.2 Å². The maximum atomic E-state index is 13.0. The quantitative estimate of drug-likeness (QED) is 0.522. The van der Waals surface area contributed by atoms with Gasteiger partial charge in [0.1, 0.15) is 11.5 Å². The Morgan fingerprint density at radius 2 is 1.91 bits per heavy atom. The molecule has 0 saturated heterocycles. The second kappa shape index (κ2) is 10.2. The Bertz CT molecular complexity index is 925. The fourth-order valence-corrected chi connectivity index (χ4v) is 3.79. The summed E-state index contributed by atoms with van der Waals surface area (Å²) in [6.45, 7) is 0.492. The predicted octanol–water partition coefficient (Wildman–Crippen LogP) is 3.93. The molecule has 3 amide bonds. The van der Waals surface area contributed by atoms with Crippen molar-refractivity contribution in [3.05, 3.63) is 52.4 Å². The summed E-state index contributed by atoms with van der Waals surface area (Å²) in [5.74, 6) is 0.404. The third kappa shape index (κ3) is 6.32. The standard InChI is InChI=1S/C21H24ClF3N4O3/c1-26-19(30)18-11-15(8-9-27-18)32-14-5-2-12(3-6-14)28-20(31)29-13-4-7-17(22)16(10-13)21(23,24)25/h4,7-8,10-12,14,27H,2-3,5-6,9H2,1H3,(H,26,30)(H2,28,29,31).